The first kappa shape index (κ1) is 11.0. The molecule has 1 rings (SSSR count). The lowest BCUT2D eigenvalue weighted by Gasteiger charge is -2.21. The van der Waals surface area contributed by atoms with Crippen LogP contribution in [0.1, 0.15) is 33.1 Å². The topological polar surface area (TPSA) is 60.7 Å². The smallest absolute Gasteiger partial charge is 0.106 e. The number of hydrogen-bond acceptors (Lipinski definition) is 3. The Bertz CT molecular complexity index is 158. The Kier molecular flexibility index (Phi) is 3.71. The van der Waals surface area contributed by atoms with Gasteiger partial charge in [-0.2, -0.15) is 0 Å². The zero-order chi connectivity index (χ0) is 10.0. The second-order valence-electron chi connectivity index (χ2n) is 4.44. The highest BCUT2D eigenvalue weighted by Gasteiger charge is 2.32. The summed E-state index contributed by atoms with van der Waals surface area (Å²) in [6.45, 7) is 4.23. The molecule has 3 nitrogen and oxygen atoms in total. The lowest BCUT2D eigenvalue weighted by atomic mass is 9.88. The first-order chi connectivity index (χ1) is 6.02. The molecule has 78 valence electrons. The van der Waals surface area contributed by atoms with Gasteiger partial charge in [0, 0.05) is 0 Å². The van der Waals surface area contributed by atoms with Gasteiger partial charge in [0.1, 0.15) is 6.10 Å². The fraction of sp³-hybridized carbons (Fsp3) is 1.00. The Morgan fingerprint density at radius 2 is 1.62 bits per heavy atom. The molecular formula is C10H20O3. The van der Waals surface area contributed by atoms with Crippen LogP contribution in [0.4, 0.5) is 0 Å². The third kappa shape index (κ3) is 2.66. The molecule has 0 saturated heterocycles. The van der Waals surface area contributed by atoms with Crippen molar-refractivity contribution >= 4 is 0 Å². The monoisotopic (exact) mass is 188 g/mol. The molecular weight excluding hydrogens is 168 g/mol. The van der Waals surface area contributed by atoms with E-state index in [0.29, 0.717) is 24.7 Å². The van der Waals surface area contributed by atoms with E-state index in [-0.39, 0.29) is 0 Å². The van der Waals surface area contributed by atoms with Gasteiger partial charge in [-0.1, -0.05) is 13.8 Å². The van der Waals surface area contributed by atoms with E-state index in [1.165, 1.54) is 0 Å². The summed E-state index contributed by atoms with van der Waals surface area (Å²) in [6, 6.07) is 0. The molecule has 3 N–H and O–H groups in total. The highest BCUT2D eigenvalue weighted by Crippen LogP contribution is 2.29. The van der Waals surface area contributed by atoms with Crippen molar-refractivity contribution in [2.45, 2.75) is 51.4 Å². The molecule has 0 aromatic heterocycles. The van der Waals surface area contributed by atoms with Crippen LogP contribution in [0.2, 0.25) is 0 Å². The standard InChI is InChI=1S/C10H20O3/c1-6(2)7-3-4-8(11)10(13)9(12)5-7/h6-13H,3-5H2,1-2H3/t7-,8-,9-,10+/m1/s1. The molecule has 0 aromatic rings. The van der Waals surface area contributed by atoms with Crippen LogP contribution in [0.3, 0.4) is 0 Å². The molecule has 1 aliphatic rings. The van der Waals surface area contributed by atoms with Crippen LogP contribution in [-0.4, -0.2) is 33.6 Å². The van der Waals surface area contributed by atoms with E-state index < -0.39 is 18.3 Å². The zero-order valence-electron chi connectivity index (χ0n) is 8.35. The number of hydrogen-bond donors (Lipinski definition) is 3. The minimum absolute atomic E-state index is 0.418. The quantitative estimate of drug-likeness (QED) is 0.526. The van der Waals surface area contributed by atoms with Crippen molar-refractivity contribution in [3.8, 4) is 0 Å². The van der Waals surface area contributed by atoms with Gasteiger partial charge in [0.2, 0.25) is 0 Å². The molecule has 0 spiro atoms. The van der Waals surface area contributed by atoms with Gasteiger partial charge in [-0.05, 0) is 31.1 Å². The second kappa shape index (κ2) is 4.40. The van der Waals surface area contributed by atoms with Crippen LogP contribution in [-0.2, 0) is 0 Å². The van der Waals surface area contributed by atoms with Gasteiger partial charge >= 0.3 is 0 Å². The number of aliphatic hydroxyl groups is 3. The van der Waals surface area contributed by atoms with E-state index in [4.69, 9.17) is 0 Å². The van der Waals surface area contributed by atoms with E-state index in [1.807, 2.05) is 0 Å². The van der Waals surface area contributed by atoms with Crippen LogP contribution in [0, 0.1) is 11.8 Å². The molecule has 4 atom stereocenters. The molecule has 3 heteroatoms. The normalized spacial score (nSPS) is 42.0. The molecule has 0 amide bonds. The van der Waals surface area contributed by atoms with Gasteiger partial charge in [-0.15, -0.1) is 0 Å². The maximum absolute atomic E-state index is 9.54. The maximum atomic E-state index is 9.54. The lowest BCUT2D eigenvalue weighted by Crippen LogP contribution is -2.35. The fourth-order valence-electron chi connectivity index (χ4n) is 1.98. The molecule has 1 fully saturated rings. The predicted octanol–water partition coefficient (Wildman–Crippen LogP) is 0.525. The van der Waals surface area contributed by atoms with Crippen LogP contribution >= 0.6 is 0 Å². The molecule has 1 aliphatic carbocycles. The average molecular weight is 188 g/mol. The maximum Gasteiger partial charge on any atom is 0.106 e. The molecule has 13 heavy (non-hydrogen) atoms. The summed E-state index contributed by atoms with van der Waals surface area (Å²) in [4.78, 5) is 0. The van der Waals surface area contributed by atoms with Gasteiger partial charge in [0.25, 0.3) is 0 Å². The van der Waals surface area contributed by atoms with Gasteiger partial charge in [0.05, 0.1) is 12.2 Å². The Hall–Kier alpha value is -0.120. The summed E-state index contributed by atoms with van der Waals surface area (Å²) in [7, 11) is 0. The van der Waals surface area contributed by atoms with Gasteiger partial charge in [-0.3, -0.25) is 0 Å². The summed E-state index contributed by atoms with van der Waals surface area (Å²) < 4.78 is 0. The van der Waals surface area contributed by atoms with Crippen molar-refractivity contribution in [3.63, 3.8) is 0 Å². The third-order valence-electron chi connectivity index (χ3n) is 3.11. The molecule has 0 unspecified atom stereocenters. The van der Waals surface area contributed by atoms with E-state index in [9.17, 15) is 15.3 Å². The molecule has 0 bridgehead atoms. The van der Waals surface area contributed by atoms with E-state index in [0.717, 1.165) is 6.42 Å². The number of aliphatic hydroxyl groups excluding tert-OH is 3. The van der Waals surface area contributed by atoms with Crippen molar-refractivity contribution in [3.05, 3.63) is 0 Å². The largest absolute Gasteiger partial charge is 0.390 e. The van der Waals surface area contributed by atoms with Crippen molar-refractivity contribution < 1.29 is 15.3 Å². The minimum atomic E-state index is -0.955. The fourth-order valence-corrected chi connectivity index (χ4v) is 1.98. The van der Waals surface area contributed by atoms with Crippen molar-refractivity contribution in [2.75, 3.05) is 0 Å². The van der Waals surface area contributed by atoms with E-state index in [1.54, 1.807) is 0 Å². The second-order valence-corrected chi connectivity index (χ2v) is 4.44. The Morgan fingerprint density at radius 1 is 1.00 bits per heavy atom. The highest BCUT2D eigenvalue weighted by molar-refractivity contribution is 4.83. The first-order valence-electron chi connectivity index (χ1n) is 5.06. The van der Waals surface area contributed by atoms with E-state index >= 15 is 0 Å². The predicted molar refractivity (Wildman–Crippen MR) is 50.2 cm³/mol. The summed E-state index contributed by atoms with van der Waals surface area (Å²) in [5.74, 6) is 0.925. The summed E-state index contributed by atoms with van der Waals surface area (Å²) >= 11 is 0. The summed E-state index contributed by atoms with van der Waals surface area (Å²) in [6.07, 6.45) is -0.364. The van der Waals surface area contributed by atoms with Gasteiger partial charge in [0.15, 0.2) is 0 Å². The van der Waals surface area contributed by atoms with Crippen LogP contribution in [0.5, 0.6) is 0 Å². The zero-order valence-corrected chi connectivity index (χ0v) is 8.35. The molecule has 0 heterocycles. The highest BCUT2D eigenvalue weighted by atomic mass is 16.4. The van der Waals surface area contributed by atoms with Crippen LogP contribution in [0.15, 0.2) is 0 Å². The molecule has 0 aliphatic heterocycles. The summed E-state index contributed by atoms with van der Waals surface area (Å²) in [5.41, 5.74) is 0. The lowest BCUT2D eigenvalue weighted by molar-refractivity contribution is -0.0573. The number of rotatable bonds is 1. The van der Waals surface area contributed by atoms with Gasteiger partial charge < -0.3 is 15.3 Å². The molecule has 0 radical (unpaired) electrons. The third-order valence-corrected chi connectivity index (χ3v) is 3.11. The SMILES string of the molecule is CC(C)[C@@H]1CC[C@@H](O)[C@H](O)[C@H](O)C1. The van der Waals surface area contributed by atoms with Crippen molar-refractivity contribution in [2.24, 2.45) is 11.8 Å². The van der Waals surface area contributed by atoms with Gasteiger partial charge in [-0.25, -0.2) is 0 Å². The van der Waals surface area contributed by atoms with E-state index in [2.05, 4.69) is 13.8 Å². The van der Waals surface area contributed by atoms with Crippen LogP contribution < -0.4 is 0 Å². The van der Waals surface area contributed by atoms with Crippen molar-refractivity contribution in [1.82, 2.24) is 0 Å². The Balaban J connectivity index is 2.58. The van der Waals surface area contributed by atoms with Crippen LogP contribution in [0.25, 0.3) is 0 Å². The van der Waals surface area contributed by atoms with Crippen molar-refractivity contribution in [1.29, 1.82) is 0 Å². The average Bonchev–Trinajstić information content (AvgIpc) is 2.19. The summed E-state index contributed by atoms with van der Waals surface area (Å²) in [5, 5.41) is 28.4. The minimum Gasteiger partial charge on any atom is -0.390 e. The Labute approximate surface area is 79.4 Å². The first-order valence-corrected chi connectivity index (χ1v) is 5.06. The Morgan fingerprint density at radius 3 is 2.15 bits per heavy atom. The molecule has 1 saturated carbocycles. The molecule has 0 aromatic carbocycles.